The molecule has 0 aliphatic rings. The molecule has 0 aromatic heterocycles. The summed E-state index contributed by atoms with van der Waals surface area (Å²) in [5, 5.41) is 9.47. The third-order valence-corrected chi connectivity index (χ3v) is 5.80. The van der Waals surface area contributed by atoms with Crippen LogP contribution in [0.5, 0.6) is 11.5 Å². The van der Waals surface area contributed by atoms with Gasteiger partial charge in [0.1, 0.15) is 11.5 Å². The van der Waals surface area contributed by atoms with Crippen LogP contribution in [0.2, 0.25) is 5.02 Å². The summed E-state index contributed by atoms with van der Waals surface area (Å²) in [5.41, 5.74) is 0.884. The van der Waals surface area contributed by atoms with Gasteiger partial charge in [-0.15, -0.1) is 23.5 Å². The molecule has 0 spiro atoms. The molecule has 2 rings (SSSR count). The van der Waals surface area contributed by atoms with Crippen molar-refractivity contribution in [3.05, 3.63) is 47.0 Å². The average Bonchev–Trinajstić information content (AvgIpc) is 2.59. The lowest BCUT2D eigenvalue weighted by molar-refractivity contribution is -0.139. The highest BCUT2D eigenvalue weighted by atomic mass is 35.5. The van der Waals surface area contributed by atoms with Gasteiger partial charge in [0, 0.05) is 32.4 Å². The van der Waals surface area contributed by atoms with Gasteiger partial charge in [-0.25, -0.2) is 4.79 Å². The molecular formula is C18H19ClO4S2. The Labute approximate surface area is 160 Å². The summed E-state index contributed by atoms with van der Waals surface area (Å²) in [6.07, 6.45) is 0. The Kier molecular flexibility index (Phi) is 7.81. The number of rotatable bonds is 9. The Hall–Kier alpha value is -1.50. The Morgan fingerprint density at radius 2 is 1.80 bits per heavy atom. The van der Waals surface area contributed by atoms with Crippen LogP contribution in [0.1, 0.15) is 5.56 Å². The number of carboxylic acid groups (broad SMARTS) is 1. The van der Waals surface area contributed by atoms with Gasteiger partial charge in [0.15, 0.2) is 6.61 Å². The number of methoxy groups -OCH3 is 1. The van der Waals surface area contributed by atoms with Gasteiger partial charge in [0.05, 0.1) is 7.11 Å². The maximum atomic E-state index is 10.6. The normalized spacial score (nSPS) is 10.5. The summed E-state index contributed by atoms with van der Waals surface area (Å²) in [7, 11) is 1.60. The Morgan fingerprint density at radius 3 is 2.44 bits per heavy atom. The van der Waals surface area contributed by atoms with Crippen molar-refractivity contribution in [2.75, 3.05) is 25.2 Å². The van der Waals surface area contributed by atoms with E-state index in [1.54, 1.807) is 36.7 Å². The van der Waals surface area contributed by atoms with E-state index < -0.39 is 5.97 Å². The molecule has 2 aromatic rings. The minimum atomic E-state index is -1.00. The van der Waals surface area contributed by atoms with Crippen LogP contribution in [0.15, 0.2) is 46.2 Å². The molecule has 1 N–H and O–H groups in total. The van der Waals surface area contributed by atoms with Crippen molar-refractivity contribution in [3.8, 4) is 11.5 Å². The third kappa shape index (κ3) is 6.38. The predicted octanol–water partition coefficient (Wildman–Crippen LogP) is 5.00. The van der Waals surface area contributed by atoms with E-state index in [9.17, 15) is 4.79 Å². The minimum Gasteiger partial charge on any atom is -0.495 e. The van der Waals surface area contributed by atoms with Crippen LogP contribution in [0.3, 0.4) is 0 Å². The summed E-state index contributed by atoms with van der Waals surface area (Å²) < 4.78 is 10.7. The zero-order valence-corrected chi connectivity index (χ0v) is 16.3. The van der Waals surface area contributed by atoms with Crippen LogP contribution >= 0.6 is 35.1 Å². The molecule has 0 radical (unpaired) electrons. The van der Waals surface area contributed by atoms with Crippen LogP contribution in [0, 0.1) is 6.92 Å². The standard InChI is InChI=1S/C18H19ClO4S2/c1-12-9-17(16(22-2)10-15(12)23-11-18(20)21)25-8-7-24-14-5-3-13(19)4-6-14/h3-6,9-10H,7-8,11H2,1-2H3,(H,20,21). The number of benzene rings is 2. The molecule has 0 bridgehead atoms. The van der Waals surface area contributed by atoms with Crippen molar-refractivity contribution < 1.29 is 19.4 Å². The zero-order valence-electron chi connectivity index (χ0n) is 14.0. The van der Waals surface area contributed by atoms with Crippen LogP contribution in [0.4, 0.5) is 0 Å². The van der Waals surface area contributed by atoms with Crippen molar-refractivity contribution in [1.82, 2.24) is 0 Å². The molecule has 0 saturated heterocycles. The smallest absolute Gasteiger partial charge is 0.341 e. The van der Waals surface area contributed by atoms with Crippen molar-refractivity contribution in [2.24, 2.45) is 0 Å². The van der Waals surface area contributed by atoms with Gasteiger partial charge in [0.25, 0.3) is 0 Å². The van der Waals surface area contributed by atoms with E-state index in [0.717, 1.165) is 27.0 Å². The molecule has 0 aliphatic carbocycles. The van der Waals surface area contributed by atoms with E-state index in [2.05, 4.69) is 0 Å². The van der Waals surface area contributed by atoms with E-state index in [0.29, 0.717) is 11.5 Å². The predicted molar refractivity (Wildman–Crippen MR) is 104 cm³/mol. The quantitative estimate of drug-likeness (QED) is 0.473. The van der Waals surface area contributed by atoms with E-state index in [1.807, 2.05) is 37.3 Å². The molecule has 4 nitrogen and oxygen atoms in total. The molecule has 0 saturated carbocycles. The Bertz CT molecular complexity index is 720. The molecule has 0 atom stereocenters. The first kappa shape index (κ1) is 19.8. The van der Waals surface area contributed by atoms with Crippen molar-refractivity contribution in [3.63, 3.8) is 0 Å². The number of hydrogen-bond donors (Lipinski definition) is 1. The van der Waals surface area contributed by atoms with E-state index in [1.165, 1.54) is 4.90 Å². The second kappa shape index (κ2) is 9.85. The molecule has 0 amide bonds. The van der Waals surface area contributed by atoms with Gasteiger partial charge in [-0.2, -0.15) is 0 Å². The highest BCUT2D eigenvalue weighted by molar-refractivity contribution is 8.03. The maximum absolute atomic E-state index is 10.6. The molecule has 0 aliphatic heterocycles. The van der Waals surface area contributed by atoms with Crippen LogP contribution in [-0.4, -0.2) is 36.3 Å². The topological polar surface area (TPSA) is 55.8 Å². The summed E-state index contributed by atoms with van der Waals surface area (Å²) in [6.45, 7) is 1.53. The molecular weight excluding hydrogens is 380 g/mol. The Balaban J connectivity index is 1.93. The number of thioether (sulfide) groups is 2. The highest BCUT2D eigenvalue weighted by Crippen LogP contribution is 2.36. The number of aryl methyl sites for hydroxylation is 1. The molecule has 134 valence electrons. The first-order valence-corrected chi connectivity index (χ1v) is 9.89. The third-order valence-electron chi connectivity index (χ3n) is 3.24. The molecule has 0 fully saturated rings. The lowest BCUT2D eigenvalue weighted by atomic mass is 10.2. The van der Waals surface area contributed by atoms with Gasteiger partial charge in [-0.3, -0.25) is 0 Å². The van der Waals surface area contributed by atoms with Gasteiger partial charge >= 0.3 is 5.97 Å². The van der Waals surface area contributed by atoms with E-state index >= 15 is 0 Å². The fraction of sp³-hybridized carbons (Fsp3) is 0.278. The summed E-state index contributed by atoms with van der Waals surface area (Å²) in [5.74, 6) is 2.08. The maximum Gasteiger partial charge on any atom is 0.341 e. The lowest BCUT2D eigenvalue weighted by Crippen LogP contribution is -2.10. The van der Waals surface area contributed by atoms with E-state index in [-0.39, 0.29) is 6.61 Å². The second-order valence-electron chi connectivity index (χ2n) is 5.10. The number of carboxylic acids is 1. The summed E-state index contributed by atoms with van der Waals surface area (Å²) >= 11 is 9.35. The highest BCUT2D eigenvalue weighted by Gasteiger charge is 2.11. The van der Waals surface area contributed by atoms with Gasteiger partial charge < -0.3 is 14.6 Å². The zero-order chi connectivity index (χ0) is 18.2. The largest absolute Gasteiger partial charge is 0.495 e. The number of aliphatic carboxylic acids is 1. The SMILES string of the molecule is COc1cc(OCC(=O)O)c(C)cc1SCCSc1ccc(Cl)cc1. The van der Waals surface area contributed by atoms with Crippen LogP contribution in [0.25, 0.3) is 0 Å². The molecule has 0 unspecified atom stereocenters. The minimum absolute atomic E-state index is 0.367. The van der Waals surface area contributed by atoms with Crippen LogP contribution < -0.4 is 9.47 Å². The van der Waals surface area contributed by atoms with Crippen molar-refractivity contribution in [2.45, 2.75) is 16.7 Å². The average molecular weight is 399 g/mol. The first-order valence-electron chi connectivity index (χ1n) is 7.54. The number of halogens is 1. The monoisotopic (exact) mass is 398 g/mol. The molecule has 2 aromatic carbocycles. The van der Waals surface area contributed by atoms with Crippen molar-refractivity contribution >= 4 is 41.1 Å². The van der Waals surface area contributed by atoms with Crippen molar-refractivity contribution in [1.29, 1.82) is 0 Å². The fourth-order valence-corrected chi connectivity index (χ4v) is 4.17. The first-order chi connectivity index (χ1) is 12.0. The number of carbonyl (C=O) groups is 1. The van der Waals surface area contributed by atoms with Gasteiger partial charge in [-0.1, -0.05) is 11.6 Å². The fourth-order valence-electron chi connectivity index (χ4n) is 2.05. The van der Waals surface area contributed by atoms with Crippen LogP contribution in [-0.2, 0) is 4.79 Å². The molecule has 25 heavy (non-hydrogen) atoms. The molecule has 0 heterocycles. The number of hydrogen-bond acceptors (Lipinski definition) is 5. The van der Waals surface area contributed by atoms with Gasteiger partial charge in [-0.05, 0) is 42.8 Å². The lowest BCUT2D eigenvalue weighted by Gasteiger charge is -2.13. The number of ether oxygens (including phenoxy) is 2. The summed E-state index contributed by atoms with van der Waals surface area (Å²) in [6, 6.07) is 11.5. The van der Waals surface area contributed by atoms with Gasteiger partial charge in [0.2, 0.25) is 0 Å². The Morgan fingerprint density at radius 1 is 1.12 bits per heavy atom. The molecule has 7 heteroatoms. The second-order valence-corrected chi connectivity index (χ2v) is 7.84. The summed E-state index contributed by atoms with van der Waals surface area (Å²) in [4.78, 5) is 12.8. The van der Waals surface area contributed by atoms with E-state index in [4.69, 9.17) is 26.2 Å².